The Morgan fingerprint density at radius 1 is 0.879 bits per heavy atom. The summed E-state index contributed by atoms with van der Waals surface area (Å²) >= 11 is 0. The van der Waals surface area contributed by atoms with Crippen molar-refractivity contribution in [2.75, 3.05) is 32.8 Å². The molecular weight excluding hydrogens is 414 g/mol. The molecule has 0 spiro atoms. The molecule has 0 bridgehead atoms. The SMILES string of the molecule is CCCN(CCC)CCOc1ccc(Cc2c(OCC(C)O)ccc3cc(O)ccc23)cc1. The number of phenols is 1. The van der Waals surface area contributed by atoms with Gasteiger partial charge in [-0.3, -0.25) is 4.90 Å². The highest BCUT2D eigenvalue weighted by atomic mass is 16.5. The zero-order valence-corrected chi connectivity index (χ0v) is 20.1. The summed E-state index contributed by atoms with van der Waals surface area (Å²) in [5.41, 5.74) is 2.18. The van der Waals surface area contributed by atoms with Crippen molar-refractivity contribution < 1.29 is 19.7 Å². The van der Waals surface area contributed by atoms with Gasteiger partial charge >= 0.3 is 0 Å². The fourth-order valence-corrected chi connectivity index (χ4v) is 4.06. The van der Waals surface area contributed by atoms with Gasteiger partial charge in [0.1, 0.15) is 30.5 Å². The molecule has 0 heterocycles. The second-order valence-corrected chi connectivity index (χ2v) is 8.62. The molecule has 3 aromatic carbocycles. The third kappa shape index (κ3) is 7.37. The van der Waals surface area contributed by atoms with Crippen molar-refractivity contribution in [2.45, 2.75) is 46.1 Å². The number of ether oxygens (including phenoxy) is 2. The van der Waals surface area contributed by atoms with E-state index in [1.54, 1.807) is 19.1 Å². The fraction of sp³-hybridized carbons (Fsp3) is 0.429. The van der Waals surface area contributed by atoms with Crippen LogP contribution in [0, 0.1) is 0 Å². The van der Waals surface area contributed by atoms with Crippen LogP contribution in [0.5, 0.6) is 17.2 Å². The second kappa shape index (κ2) is 12.5. The van der Waals surface area contributed by atoms with Crippen molar-refractivity contribution in [2.24, 2.45) is 0 Å². The quantitative estimate of drug-likeness (QED) is 0.364. The topological polar surface area (TPSA) is 62.2 Å². The van der Waals surface area contributed by atoms with Crippen LogP contribution in [0.15, 0.2) is 54.6 Å². The highest BCUT2D eigenvalue weighted by Gasteiger charge is 2.12. The van der Waals surface area contributed by atoms with Crippen LogP contribution < -0.4 is 9.47 Å². The van der Waals surface area contributed by atoms with Gasteiger partial charge in [-0.25, -0.2) is 0 Å². The molecule has 178 valence electrons. The normalized spacial score (nSPS) is 12.3. The van der Waals surface area contributed by atoms with Gasteiger partial charge in [0, 0.05) is 18.5 Å². The third-order valence-corrected chi connectivity index (χ3v) is 5.61. The van der Waals surface area contributed by atoms with E-state index in [0.717, 1.165) is 65.9 Å². The number of phenolic OH excluding ortho intramolecular Hbond substituents is 1. The maximum Gasteiger partial charge on any atom is 0.123 e. The van der Waals surface area contributed by atoms with E-state index in [-0.39, 0.29) is 12.4 Å². The number of nitrogens with zero attached hydrogens (tertiary/aromatic N) is 1. The third-order valence-electron chi connectivity index (χ3n) is 5.61. The first-order valence-electron chi connectivity index (χ1n) is 12.0. The molecule has 1 unspecified atom stereocenters. The molecule has 5 heteroatoms. The van der Waals surface area contributed by atoms with Crippen molar-refractivity contribution in [1.29, 1.82) is 0 Å². The first-order valence-corrected chi connectivity index (χ1v) is 12.0. The van der Waals surface area contributed by atoms with Crippen LogP contribution in [0.4, 0.5) is 0 Å². The predicted molar refractivity (Wildman–Crippen MR) is 135 cm³/mol. The van der Waals surface area contributed by atoms with Crippen LogP contribution in [0.25, 0.3) is 10.8 Å². The molecule has 0 aliphatic carbocycles. The fourth-order valence-electron chi connectivity index (χ4n) is 4.06. The number of rotatable bonds is 13. The summed E-state index contributed by atoms with van der Waals surface area (Å²) in [6.07, 6.45) is 2.45. The van der Waals surface area contributed by atoms with E-state index in [0.29, 0.717) is 13.0 Å². The average molecular weight is 452 g/mol. The van der Waals surface area contributed by atoms with Crippen molar-refractivity contribution in [1.82, 2.24) is 4.90 Å². The molecule has 0 aliphatic rings. The molecule has 1 atom stereocenters. The van der Waals surface area contributed by atoms with Crippen LogP contribution in [0.1, 0.15) is 44.7 Å². The molecule has 3 rings (SSSR count). The predicted octanol–water partition coefficient (Wildman–Crippen LogP) is 5.40. The van der Waals surface area contributed by atoms with E-state index in [9.17, 15) is 10.2 Å². The molecule has 5 nitrogen and oxygen atoms in total. The maximum atomic E-state index is 9.87. The Bertz CT molecular complexity index is 995. The molecule has 33 heavy (non-hydrogen) atoms. The Labute approximate surface area is 197 Å². The van der Waals surface area contributed by atoms with Crippen LogP contribution in [0.3, 0.4) is 0 Å². The number of benzene rings is 3. The summed E-state index contributed by atoms with van der Waals surface area (Å²) in [5, 5.41) is 21.5. The number of aromatic hydroxyl groups is 1. The second-order valence-electron chi connectivity index (χ2n) is 8.62. The van der Waals surface area contributed by atoms with Gasteiger partial charge in [-0.1, -0.05) is 38.1 Å². The average Bonchev–Trinajstić information content (AvgIpc) is 2.79. The van der Waals surface area contributed by atoms with Gasteiger partial charge in [0.15, 0.2) is 0 Å². The minimum atomic E-state index is -0.546. The Balaban J connectivity index is 1.71. The highest BCUT2D eigenvalue weighted by Crippen LogP contribution is 2.32. The lowest BCUT2D eigenvalue weighted by Crippen LogP contribution is -2.30. The molecule has 0 aliphatic heterocycles. The smallest absolute Gasteiger partial charge is 0.123 e. The molecule has 0 fully saturated rings. The molecule has 0 saturated carbocycles. The van der Waals surface area contributed by atoms with Gasteiger partial charge < -0.3 is 19.7 Å². The Morgan fingerprint density at radius 3 is 2.27 bits per heavy atom. The van der Waals surface area contributed by atoms with E-state index in [2.05, 4.69) is 30.9 Å². The summed E-state index contributed by atoms with van der Waals surface area (Å²) < 4.78 is 11.9. The minimum Gasteiger partial charge on any atom is -0.508 e. The van der Waals surface area contributed by atoms with Crippen LogP contribution in [-0.2, 0) is 6.42 Å². The standard InChI is InChI=1S/C28H37NO4/c1-4-14-29(15-5-2)16-17-32-25-10-6-22(7-11-25)18-27-26-12-9-24(31)19-23(26)8-13-28(27)33-20-21(3)30/h6-13,19,21,30-31H,4-5,14-18,20H2,1-3H3. The summed E-state index contributed by atoms with van der Waals surface area (Å²) in [6.45, 7) is 10.2. The zero-order valence-electron chi connectivity index (χ0n) is 20.1. The highest BCUT2D eigenvalue weighted by molar-refractivity contribution is 5.89. The summed E-state index contributed by atoms with van der Waals surface area (Å²) in [4.78, 5) is 2.45. The van der Waals surface area contributed by atoms with Crippen molar-refractivity contribution in [3.05, 3.63) is 65.7 Å². The van der Waals surface area contributed by atoms with Gasteiger partial charge in [-0.2, -0.15) is 0 Å². The van der Waals surface area contributed by atoms with E-state index in [4.69, 9.17) is 9.47 Å². The number of hydrogen-bond acceptors (Lipinski definition) is 5. The van der Waals surface area contributed by atoms with Crippen LogP contribution in [-0.4, -0.2) is 54.1 Å². The van der Waals surface area contributed by atoms with Crippen molar-refractivity contribution >= 4 is 10.8 Å². The molecule has 0 aromatic heterocycles. The maximum absolute atomic E-state index is 9.87. The first-order chi connectivity index (χ1) is 16.0. The number of fused-ring (bicyclic) bond motifs is 1. The van der Waals surface area contributed by atoms with E-state index < -0.39 is 6.10 Å². The lowest BCUT2D eigenvalue weighted by molar-refractivity contribution is 0.122. The molecule has 0 radical (unpaired) electrons. The summed E-state index contributed by atoms with van der Waals surface area (Å²) in [7, 11) is 0. The molecular formula is C28H37NO4. The molecule has 0 saturated heterocycles. The number of hydrogen-bond donors (Lipinski definition) is 2. The van der Waals surface area contributed by atoms with Crippen LogP contribution in [0.2, 0.25) is 0 Å². The number of aliphatic hydroxyl groups is 1. The molecule has 2 N–H and O–H groups in total. The Kier molecular flexibility index (Phi) is 9.40. The largest absolute Gasteiger partial charge is 0.508 e. The summed E-state index contributed by atoms with van der Waals surface area (Å²) in [5.74, 6) is 1.87. The summed E-state index contributed by atoms with van der Waals surface area (Å²) in [6, 6.07) is 17.4. The van der Waals surface area contributed by atoms with E-state index >= 15 is 0 Å². The van der Waals surface area contributed by atoms with Crippen molar-refractivity contribution in [3.8, 4) is 17.2 Å². The van der Waals surface area contributed by atoms with E-state index in [1.807, 2.05) is 30.3 Å². The Hall–Kier alpha value is -2.76. The van der Waals surface area contributed by atoms with E-state index in [1.165, 1.54) is 0 Å². The van der Waals surface area contributed by atoms with Crippen LogP contribution >= 0.6 is 0 Å². The monoisotopic (exact) mass is 451 g/mol. The molecule has 0 amide bonds. The van der Waals surface area contributed by atoms with Gasteiger partial charge in [0.05, 0.1) is 6.10 Å². The number of aliphatic hydroxyl groups excluding tert-OH is 1. The van der Waals surface area contributed by atoms with Gasteiger partial charge in [0.25, 0.3) is 0 Å². The van der Waals surface area contributed by atoms with Gasteiger partial charge in [-0.15, -0.1) is 0 Å². The first kappa shape index (κ1) is 24.9. The lowest BCUT2D eigenvalue weighted by Gasteiger charge is -2.21. The zero-order chi connectivity index (χ0) is 23.6. The molecule has 3 aromatic rings. The van der Waals surface area contributed by atoms with Gasteiger partial charge in [0.2, 0.25) is 0 Å². The van der Waals surface area contributed by atoms with Crippen molar-refractivity contribution in [3.63, 3.8) is 0 Å². The van der Waals surface area contributed by atoms with Gasteiger partial charge in [-0.05, 0) is 79.5 Å². The Morgan fingerprint density at radius 2 is 1.61 bits per heavy atom. The minimum absolute atomic E-state index is 0.233. The lowest BCUT2D eigenvalue weighted by atomic mass is 9.97.